The lowest BCUT2D eigenvalue weighted by Gasteiger charge is -2.18. The third-order valence-electron chi connectivity index (χ3n) is 4.25. The second kappa shape index (κ2) is 9.19. The molecule has 2 aromatic rings. The van der Waals surface area contributed by atoms with Gasteiger partial charge in [-0.05, 0) is 49.4 Å². The summed E-state index contributed by atoms with van der Waals surface area (Å²) < 4.78 is 4.73. The zero-order valence-electron chi connectivity index (χ0n) is 16.6. The number of carbonyl (C=O) groups excluding carboxylic acids is 2. The average molecular weight is 369 g/mol. The summed E-state index contributed by atoms with van der Waals surface area (Å²) in [4.78, 5) is 28.0. The minimum absolute atomic E-state index is 0.132. The first-order valence-electron chi connectivity index (χ1n) is 8.73. The number of likely N-dealkylation sites (N-methyl/N-ethyl adjacent to an activating group) is 1. The van der Waals surface area contributed by atoms with Crippen molar-refractivity contribution < 1.29 is 14.3 Å². The normalized spacial score (nSPS) is 10.6. The maximum atomic E-state index is 12.4. The topological polar surface area (TPSA) is 61.9 Å². The number of aryl methyl sites for hydroxylation is 1. The summed E-state index contributed by atoms with van der Waals surface area (Å²) in [5, 5.41) is 2.88. The van der Waals surface area contributed by atoms with Crippen LogP contribution in [0.1, 0.15) is 21.5 Å². The van der Waals surface area contributed by atoms with E-state index in [0.29, 0.717) is 17.8 Å². The Hall–Kier alpha value is -2.86. The van der Waals surface area contributed by atoms with Crippen LogP contribution < -0.4 is 10.2 Å². The van der Waals surface area contributed by atoms with Gasteiger partial charge in [0.15, 0.2) is 0 Å². The van der Waals surface area contributed by atoms with Crippen LogP contribution in [0.3, 0.4) is 0 Å². The molecule has 0 aliphatic heterocycles. The van der Waals surface area contributed by atoms with Crippen molar-refractivity contribution >= 4 is 23.3 Å². The lowest BCUT2D eigenvalue weighted by molar-refractivity contribution is -0.117. The summed E-state index contributed by atoms with van der Waals surface area (Å²) in [6, 6.07) is 13.4. The fourth-order valence-corrected chi connectivity index (χ4v) is 2.70. The molecule has 0 spiro atoms. The summed E-state index contributed by atoms with van der Waals surface area (Å²) in [6.45, 7) is 2.80. The molecule has 0 heterocycles. The van der Waals surface area contributed by atoms with Gasteiger partial charge in [-0.25, -0.2) is 4.79 Å². The molecule has 0 aliphatic carbocycles. The van der Waals surface area contributed by atoms with Gasteiger partial charge in [0, 0.05) is 32.0 Å². The van der Waals surface area contributed by atoms with Crippen LogP contribution in [0.25, 0.3) is 0 Å². The Morgan fingerprint density at radius 1 is 1.04 bits per heavy atom. The van der Waals surface area contributed by atoms with Crippen LogP contribution in [0, 0.1) is 6.92 Å². The number of anilines is 2. The Bertz CT molecular complexity index is 801. The molecule has 1 N–H and O–H groups in total. The number of esters is 1. The molecule has 1 amide bonds. The second-order valence-corrected chi connectivity index (χ2v) is 6.80. The predicted octanol–water partition coefficient (Wildman–Crippen LogP) is 2.92. The molecule has 0 radical (unpaired) electrons. The highest BCUT2D eigenvalue weighted by Gasteiger charge is 2.12. The van der Waals surface area contributed by atoms with Crippen molar-refractivity contribution in [2.24, 2.45) is 0 Å². The van der Waals surface area contributed by atoms with E-state index >= 15 is 0 Å². The number of nitrogens with zero attached hydrogens (tertiary/aromatic N) is 2. The first-order valence-corrected chi connectivity index (χ1v) is 8.73. The van der Waals surface area contributed by atoms with Gasteiger partial charge in [0.05, 0.1) is 19.2 Å². The molecule has 0 unspecified atom stereocenters. The summed E-state index contributed by atoms with van der Waals surface area (Å²) in [5.41, 5.74) is 4.19. The van der Waals surface area contributed by atoms with Gasteiger partial charge in [0.25, 0.3) is 0 Å². The minimum atomic E-state index is -0.427. The van der Waals surface area contributed by atoms with Crippen molar-refractivity contribution in [3.63, 3.8) is 0 Å². The quantitative estimate of drug-likeness (QED) is 0.761. The molecule has 6 heteroatoms. The van der Waals surface area contributed by atoms with Crippen molar-refractivity contribution in [3.8, 4) is 0 Å². The molecule has 6 nitrogen and oxygen atoms in total. The van der Waals surface area contributed by atoms with Gasteiger partial charge in [0.2, 0.25) is 5.91 Å². The number of methoxy groups -OCH3 is 1. The Morgan fingerprint density at radius 3 is 2.30 bits per heavy atom. The maximum Gasteiger partial charge on any atom is 0.337 e. The van der Waals surface area contributed by atoms with Crippen molar-refractivity contribution in [2.45, 2.75) is 13.5 Å². The summed E-state index contributed by atoms with van der Waals surface area (Å²) in [6.07, 6.45) is 0. The van der Waals surface area contributed by atoms with E-state index in [1.165, 1.54) is 7.11 Å². The lowest BCUT2D eigenvalue weighted by Crippen LogP contribution is -2.30. The predicted molar refractivity (Wildman–Crippen MR) is 108 cm³/mol. The molecule has 27 heavy (non-hydrogen) atoms. The maximum absolute atomic E-state index is 12.4. The van der Waals surface area contributed by atoms with Crippen LogP contribution in [-0.4, -0.2) is 51.6 Å². The van der Waals surface area contributed by atoms with Gasteiger partial charge in [-0.2, -0.15) is 0 Å². The van der Waals surface area contributed by atoms with Gasteiger partial charge in [0.1, 0.15) is 0 Å². The van der Waals surface area contributed by atoms with Crippen LogP contribution in [-0.2, 0) is 16.1 Å². The lowest BCUT2D eigenvalue weighted by atomic mass is 10.1. The van der Waals surface area contributed by atoms with Gasteiger partial charge < -0.3 is 15.0 Å². The van der Waals surface area contributed by atoms with Crippen LogP contribution >= 0.6 is 0 Å². The third-order valence-corrected chi connectivity index (χ3v) is 4.25. The molecule has 0 fully saturated rings. The molecular weight excluding hydrogens is 342 g/mol. The van der Waals surface area contributed by atoms with E-state index in [1.54, 1.807) is 18.2 Å². The molecule has 0 saturated carbocycles. The van der Waals surface area contributed by atoms with E-state index in [2.05, 4.69) is 29.6 Å². The van der Waals surface area contributed by atoms with Crippen LogP contribution in [0.15, 0.2) is 42.5 Å². The average Bonchev–Trinajstić information content (AvgIpc) is 2.63. The minimum Gasteiger partial charge on any atom is -0.465 e. The summed E-state index contributed by atoms with van der Waals surface area (Å²) >= 11 is 0. The third kappa shape index (κ3) is 5.82. The van der Waals surface area contributed by atoms with E-state index in [0.717, 1.165) is 16.8 Å². The SMILES string of the molecule is COC(=O)c1ccc(C)c(NC(=O)CN(C)Cc2ccc(N(C)C)cc2)c1. The monoisotopic (exact) mass is 369 g/mol. The second-order valence-electron chi connectivity index (χ2n) is 6.80. The van der Waals surface area contributed by atoms with Crippen molar-refractivity contribution in [2.75, 3.05) is 45.0 Å². The van der Waals surface area contributed by atoms with E-state index in [1.807, 2.05) is 37.9 Å². The van der Waals surface area contributed by atoms with Gasteiger partial charge in [-0.3, -0.25) is 9.69 Å². The standard InChI is InChI=1S/C21H27N3O3/c1-15-6-9-17(21(26)27-5)12-19(15)22-20(25)14-24(4)13-16-7-10-18(11-8-16)23(2)3/h6-12H,13-14H2,1-5H3,(H,22,25). The molecule has 2 rings (SSSR count). The van der Waals surface area contributed by atoms with E-state index in [-0.39, 0.29) is 12.5 Å². The molecule has 0 saturated heterocycles. The van der Waals surface area contributed by atoms with Crippen LogP contribution in [0.5, 0.6) is 0 Å². The zero-order chi connectivity index (χ0) is 20.0. The number of benzene rings is 2. The number of carbonyl (C=O) groups is 2. The molecule has 0 atom stereocenters. The first-order chi connectivity index (χ1) is 12.8. The first kappa shape index (κ1) is 20.5. The van der Waals surface area contributed by atoms with Gasteiger partial charge in [-0.15, -0.1) is 0 Å². The van der Waals surface area contributed by atoms with Gasteiger partial charge >= 0.3 is 5.97 Å². The molecule has 0 aromatic heterocycles. The highest BCUT2D eigenvalue weighted by Crippen LogP contribution is 2.18. The zero-order valence-corrected chi connectivity index (χ0v) is 16.6. The van der Waals surface area contributed by atoms with E-state index in [9.17, 15) is 9.59 Å². The number of nitrogens with one attached hydrogen (secondary N) is 1. The number of hydrogen-bond acceptors (Lipinski definition) is 5. The van der Waals surface area contributed by atoms with Crippen molar-refractivity contribution in [3.05, 3.63) is 59.2 Å². The highest BCUT2D eigenvalue weighted by molar-refractivity contribution is 5.96. The number of hydrogen-bond donors (Lipinski definition) is 1. The Morgan fingerprint density at radius 2 is 1.70 bits per heavy atom. The van der Waals surface area contributed by atoms with E-state index < -0.39 is 5.97 Å². The Balaban J connectivity index is 1.95. The molecular formula is C21H27N3O3. The summed E-state index contributed by atoms with van der Waals surface area (Å²) in [7, 11) is 7.24. The fraction of sp³-hybridized carbons (Fsp3) is 0.333. The Kier molecular flexibility index (Phi) is 6.96. The number of rotatable bonds is 7. The number of amides is 1. The molecule has 0 aliphatic rings. The highest BCUT2D eigenvalue weighted by atomic mass is 16.5. The number of ether oxygens (including phenoxy) is 1. The smallest absolute Gasteiger partial charge is 0.337 e. The molecule has 0 bridgehead atoms. The fourth-order valence-electron chi connectivity index (χ4n) is 2.70. The van der Waals surface area contributed by atoms with E-state index in [4.69, 9.17) is 4.74 Å². The van der Waals surface area contributed by atoms with Crippen LogP contribution in [0.2, 0.25) is 0 Å². The largest absolute Gasteiger partial charge is 0.465 e. The van der Waals surface area contributed by atoms with Crippen molar-refractivity contribution in [1.82, 2.24) is 4.90 Å². The van der Waals surface area contributed by atoms with Crippen molar-refractivity contribution in [1.29, 1.82) is 0 Å². The Labute approximate surface area is 160 Å². The molecule has 2 aromatic carbocycles. The summed E-state index contributed by atoms with van der Waals surface area (Å²) in [5.74, 6) is -0.559. The van der Waals surface area contributed by atoms with Crippen LogP contribution in [0.4, 0.5) is 11.4 Å². The van der Waals surface area contributed by atoms with Gasteiger partial charge in [-0.1, -0.05) is 18.2 Å². The molecule has 144 valence electrons.